The summed E-state index contributed by atoms with van der Waals surface area (Å²) in [6.07, 6.45) is 3.04. The summed E-state index contributed by atoms with van der Waals surface area (Å²) >= 11 is 0. The van der Waals surface area contributed by atoms with E-state index >= 15 is 0 Å². The molecule has 1 aliphatic rings. The summed E-state index contributed by atoms with van der Waals surface area (Å²) in [7, 11) is 0. The van der Waals surface area contributed by atoms with Crippen LogP contribution in [0.2, 0.25) is 0 Å². The molecule has 0 spiro atoms. The van der Waals surface area contributed by atoms with Gasteiger partial charge in [0.1, 0.15) is 5.78 Å². The van der Waals surface area contributed by atoms with E-state index in [1.54, 1.807) is 0 Å². The number of hydrogen-bond donors (Lipinski definition) is 0. The lowest BCUT2D eigenvalue weighted by molar-refractivity contribution is -0.126. The van der Waals surface area contributed by atoms with Gasteiger partial charge in [0.15, 0.2) is 0 Å². The standard InChI is InChI=1S/C16H31NO/c1-6-17(10-12(2)3)11-15-9-14(13(4)5)7-8-16(15)18/h12-15H,6-11H2,1-5H3. The Morgan fingerprint density at radius 2 is 1.94 bits per heavy atom. The van der Waals surface area contributed by atoms with Crippen molar-refractivity contribution in [3.63, 3.8) is 0 Å². The Morgan fingerprint density at radius 3 is 2.44 bits per heavy atom. The molecule has 18 heavy (non-hydrogen) atoms. The molecule has 0 aliphatic heterocycles. The van der Waals surface area contributed by atoms with Crippen LogP contribution in [0.15, 0.2) is 0 Å². The number of hydrogen-bond acceptors (Lipinski definition) is 2. The third-order valence-corrected chi connectivity index (χ3v) is 4.30. The lowest BCUT2D eigenvalue weighted by Gasteiger charge is -2.34. The first kappa shape index (κ1) is 15.7. The third-order valence-electron chi connectivity index (χ3n) is 4.30. The first-order valence-corrected chi connectivity index (χ1v) is 7.69. The van der Waals surface area contributed by atoms with Gasteiger partial charge in [-0.2, -0.15) is 0 Å². The van der Waals surface area contributed by atoms with E-state index in [2.05, 4.69) is 39.5 Å². The first-order valence-electron chi connectivity index (χ1n) is 7.69. The fourth-order valence-corrected chi connectivity index (χ4v) is 3.09. The molecule has 1 fully saturated rings. The molecule has 2 atom stereocenters. The van der Waals surface area contributed by atoms with Crippen LogP contribution in [0.25, 0.3) is 0 Å². The van der Waals surface area contributed by atoms with E-state index in [0.717, 1.165) is 50.7 Å². The highest BCUT2D eigenvalue weighted by molar-refractivity contribution is 5.82. The molecular formula is C16H31NO. The van der Waals surface area contributed by atoms with Gasteiger partial charge in [-0.05, 0) is 37.1 Å². The average Bonchev–Trinajstić information content (AvgIpc) is 2.29. The SMILES string of the molecule is CCN(CC(C)C)CC1CC(C(C)C)CCC1=O. The number of rotatable bonds is 6. The predicted octanol–water partition coefficient (Wildman–Crippen LogP) is 3.61. The molecule has 1 saturated carbocycles. The van der Waals surface area contributed by atoms with Crippen molar-refractivity contribution in [3.8, 4) is 0 Å². The molecule has 1 rings (SSSR count). The van der Waals surface area contributed by atoms with E-state index in [-0.39, 0.29) is 0 Å². The second-order valence-electron chi connectivity index (χ2n) is 6.69. The van der Waals surface area contributed by atoms with Gasteiger partial charge in [-0.3, -0.25) is 4.79 Å². The highest BCUT2D eigenvalue weighted by Crippen LogP contribution is 2.32. The molecule has 2 unspecified atom stereocenters. The summed E-state index contributed by atoms with van der Waals surface area (Å²) in [6, 6.07) is 0. The Morgan fingerprint density at radius 1 is 1.28 bits per heavy atom. The van der Waals surface area contributed by atoms with Crippen molar-refractivity contribution in [1.29, 1.82) is 0 Å². The quantitative estimate of drug-likeness (QED) is 0.721. The zero-order valence-corrected chi connectivity index (χ0v) is 12.9. The van der Waals surface area contributed by atoms with Crippen molar-refractivity contribution in [1.82, 2.24) is 4.90 Å². The summed E-state index contributed by atoms with van der Waals surface area (Å²) in [5, 5.41) is 0. The van der Waals surface area contributed by atoms with Crippen molar-refractivity contribution in [2.45, 2.75) is 53.9 Å². The number of Topliss-reactive ketones (excluding diaryl/α,β-unsaturated/α-hetero) is 1. The van der Waals surface area contributed by atoms with Crippen LogP contribution in [0.4, 0.5) is 0 Å². The average molecular weight is 253 g/mol. The van der Waals surface area contributed by atoms with Gasteiger partial charge in [0.05, 0.1) is 0 Å². The molecule has 0 aromatic carbocycles. The minimum Gasteiger partial charge on any atom is -0.303 e. The van der Waals surface area contributed by atoms with Crippen LogP contribution < -0.4 is 0 Å². The maximum atomic E-state index is 12.1. The van der Waals surface area contributed by atoms with Gasteiger partial charge in [-0.15, -0.1) is 0 Å². The minimum absolute atomic E-state index is 0.296. The van der Waals surface area contributed by atoms with Crippen LogP contribution in [-0.2, 0) is 4.79 Å². The summed E-state index contributed by atoms with van der Waals surface area (Å²) in [5.41, 5.74) is 0. The molecule has 2 heteroatoms. The Kier molecular flexibility index (Phi) is 6.34. The van der Waals surface area contributed by atoms with Crippen molar-refractivity contribution in [3.05, 3.63) is 0 Å². The number of ketones is 1. The van der Waals surface area contributed by atoms with E-state index in [1.807, 2.05) is 0 Å². The van der Waals surface area contributed by atoms with Crippen LogP contribution in [0.5, 0.6) is 0 Å². The Labute approximate surface area is 113 Å². The largest absolute Gasteiger partial charge is 0.303 e. The highest BCUT2D eigenvalue weighted by atomic mass is 16.1. The van der Waals surface area contributed by atoms with Gasteiger partial charge in [-0.25, -0.2) is 0 Å². The van der Waals surface area contributed by atoms with Gasteiger partial charge >= 0.3 is 0 Å². The van der Waals surface area contributed by atoms with Crippen molar-refractivity contribution in [2.24, 2.45) is 23.7 Å². The topological polar surface area (TPSA) is 20.3 Å². The second-order valence-corrected chi connectivity index (χ2v) is 6.69. The third kappa shape index (κ3) is 4.72. The zero-order valence-electron chi connectivity index (χ0n) is 12.9. The smallest absolute Gasteiger partial charge is 0.137 e. The maximum Gasteiger partial charge on any atom is 0.137 e. The molecule has 0 aromatic rings. The van der Waals surface area contributed by atoms with E-state index in [1.165, 1.54) is 0 Å². The first-order chi connectivity index (χ1) is 8.43. The summed E-state index contributed by atoms with van der Waals surface area (Å²) in [4.78, 5) is 14.5. The monoisotopic (exact) mass is 253 g/mol. The van der Waals surface area contributed by atoms with Crippen LogP contribution >= 0.6 is 0 Å². The number of carbonyl (C=O) groups is 1. The fourth-order valence-electron chi connectivity index (χ4n) is 3.09. The molecule has 106 valence electrons. The van der Waals surface area contributed by atoms with Gasteiger partial charge in [-0.1, -0.05) is 34.6 Å². The molecule has 0 heterocycles. The van der Waals surface area contributed by atoms with Gasteiger partial charge in [0.2, 0.25) is 0 Å². The molecule has 0 saturated heterocycles. The lowest BCUT2D eigenvalue weighted by Crippen LogP contribution is -2.39. The molecule has 0 radical (unpaired) electrons. The van der Waals surface area contributed by atoms with Gasteiger partial charge < -0.3 is 4.90 Å². The molecule has 2 nitrogen and oxygen atoms in total. The number of nitrogens with zero attached hydrogens (tertiary/aromatic N) is 1. The molecule has 0 aromatic heterocycles. The summed E-state index contributed by atoms with van der Waals surface area (Å²) in [5.74, 6) is 2.97. The normalized spacial score (nSPS) is 25.4. The minimum atomic E-state index is 0.296. The second kappa shape index (κ2) is 7.28. The molecule has 0 bridgehead atoms. The molecule has 0 amide bonds. The van der Waals surface area contributed by atoms with Crippen LogP contribution in [0, 0.1) is 23.7 Å². The molecule has 1 aliphatic carbocycles. The Hall–Kier alpha value is -0.370. The van der Waals surface area contributed by atoms with Crippen LogP contribution in [0.1, 0.15) is 53.9 Å². The van der Waals surface area contributed by atoms with Crippen LogP contribution in [-0.4, -0.2) is 30.3 Å². The van der Waals surface area contributed by atoms with Crippen molar-refractivity contribution < 1.29 is 4.79 Å². The Bertz CT molecular complexity index is 260. The van der Waals surface area contributed by atoms with Crippen molar-refractivity contribution >= 4 is 5.78 Å². The maximum absolute atomic E-state index is 12.1. The fraction of sp³-hybridized carbons (Fsp3) is 0.938. The molecule has 0 N–H and O–H groups in total. The van der Waals surface area contributed by atoms with Crippen LogP contribution in [0.3, 0.4) is 0 Å². The summed E-state index contributed by atoms with van der Waals surface area (Å²) < 4.78 is 0. The zero-order chi connectivity index (χ0) is 13.7. The van der Waals surface area contributed by atoms with Crippen molar-refractivity contribution in [2.75, 3.05) is 19.6 Å². The lowest BCUT2D eigenvalue weighted by atomic mass is 9.75. The number of carbonyl (C=O) groups excluding carboxylic acids is 1. The van der Waals surface area contributed by atoms with Gasteiger partial charge in [0.25, 0.3) is 0 Å². The molecular weight excluding hydrogens is 222 g/mol. The van der Waals surface area contributed by atoms with Gasteiger partial charge in [0, 0.05) is 25.4 Å². The summed E-state index contributed by atoms with van der Waals surface area (Å²) in [6.45, 7) is 14.5. The predicted molar refractivity (Wildman–Crippen MR) is 77.6 cm³/mol. The Balaban J connectivity index is 2.54. The van der Waals surface area contributed by atoms with E-state index in [9.17, 15) is 4.79 Å². The van der Waals surface area contributed by atoms with E-state index < -0.39 is 0 Å². The highest BCUT2D eigenvalue weighted by Gasteiger charge is 2.31. The van der Waals surface area contributed by atoms with E-state index in [0.29, 0.717) is 17.6 Å². The van der Waals surface area contributed by atoms with E-state index in [4.69, 9.17) is 0 Å².